The Morgan fingerprint density at radius 3 is 2.71 bits per heavy atom. The summed E-state index contributed by atoms with van der Waals surface area (Å²) < 4.78 is 5.86. The normalized spacial score (nSPS) is 21.8. The molecule has 1 aliphatic heterocycles. The van der Waals surface area contributed by atoms with Crippen LogP contribution in [0.2, 0.25) is 0 Å². The summed E-state index contributed by atoms with van der Waals surface area (Å²) in [7, 11) is 0. The molecule has 21 heavy (non-hydrogen) atoms. The van der Waals surface area contributed by atoms with Crippen LogP contribution in [0.4, 0.5) is 0 Å². The van der Waals surface area contributed by atoms with Crippen LogP contribution in [0.3, 0.4) is 0 Å². The van der Waals surface area contributed by atoms with Gasteiger partial charge < -0.3 is 9.64 Å². The molecule has 1 amide bonds. The minimum absolute atomic E-state index is 0.120. The average molecular weight is 287 g/mol. The third kappa shape index (κ3) is 4.43. The smallest absolute Gasteiger partial charge is 0.246 e. The molecule has 3 heteroatoms. The minimum Gasteiger partial charge on any atom is -0.375 e. The molecule has 0 spiro atoms. The fourth-order valence-corrected chi connectivity index (χ4v) is 2.62. The molecule has 3 nitrogen and oxygen atoms in total. The minimum atomic E-state index is 0.120. The first-order valence-electron chi connectivity index (χ1n) is 7.83. The maximum absolute atomic E-state index is 12.1. The molecule has 1 aromatic carbocycles. The van der Waals surface area contributed by atoms with Gasteiger partial charge in [0, 0.05) is 6.54 Å². The lowest BCUT2D eigenvalue weighted by Crippen LogP contribution is -2.48. The van der Waals surface area contributed by atoms with E-state index < -0.39 is 0 Å². The quantitative estimate of drug-likeness (QED) is 0.769. The summed E-state index contributed by atoms with van der Waals surface area (Å²) in [4.78, 5) is 14.0. The van der Waals surface area contributed by atoms with Crippen molar-refractivity contribution < 1.29 is 9.53 Å². The molecule has 2 atom stereocenters. The van der Waals surface area contributed by atoms with Gasteiger partial charge in [-0.05, 0) is 24.0 Å². The van der Waals surface area contributed by atoms with Crippen molar-refractivity contribution in [3.8, 4) is 0 Å². The van der Waals surface area contributed by atoms with Gasteiger partial charge in [0.2, 0.25) is 5.91 Å². The van der Waals surface area contributed by atoms with Gasteiger partial charge in [-0.3, -0.25) is 4.79 Å². The Morgan fingerprint density at radius 2 is 2.00 bits per heavy atom. The van der Waals surface area contributed by atoms with Crippen LogP contribution >= 0.6 is 0 Å². The molecule has 0 N–H and O–H groups in total. The number of hydrogen-bond acceptors (Lipinski definition) is 2. The fraction of sp³-hybridized carbons (Fsp3) is 0.500. The zero-order chi connectivity index (χ0) is 15.1. The van der Waals surface area contributed by atoms with E-state index in [1.165, 1.54) is 5.56 Å². The second-order valence-corrected chi connectivity index (χ2v) is 5.67. The van der Waals surface area contributed by atoms with E-state index in [2.05, 4.69) is 26.0 Å². The number of ether oxygens (including phenoxy) is 1. The number of amides is 1. The van der Waals surface area contributed by atoms with Gasteiger partial charge in [0.05, 0.1) is 19.3 Å². The van der Waals surface area contributed by atoms with Crippen LogP contribution in [0, 0.1) is 5.92 Å². The first-order valence-corrected chi connectivity index (χ1v) is 7.83. The first-order chi connectivity index (χ1) is 10.2. The largest absolute Gasteiger partial charge is 0.375 e. The monoisotopic (exact) mass is 287 g/mol. The van der Waals surface area contributed by atoms with Gasteiger partial charge in [-0.1, -0.05) is 56.7 Å². The number of unbranched alkanes of at least 4 members (excludes halogenated alkanes) is 1. The summed E-state index contributed by atoms with van der Waals surface area (Å²) >= 11 is 0. The predicted molar refractivity (Wildman–Crippen MR) is 84.8 cm³/mol. The van der Waals surface area contributed by atoms with E-state index in [0.717, 1.165) is 19.4 Å². The summed E-state index contributed by atoms with van der Waals surface area (Å²) in [6, 6.07) is 10.3. The fourth-order valence-electron chi connectivity index (χ4n) is 2.62. The van der Waals surface area contributed by atoms with Crippen LogP contribution in [-0.4, -0.2) is 30.0 Å². The van der Waals surface area contributed by atoms with Gasteiger partial charge in [-0.2, -0.15) is 0 Å². The number of nitrogens with zero attached hydrogens (tertiary/aromatic N) is 1. The zero-order valence-electron chi connectivity index (χ0n) is 13.0. The molecule has 1 aliphatic rings. The van der Waals surface area contributed by atoms with Crippen molar-refractivity contribution in [2.45, 2.75) is 39.3 Å². The van der Waals surface area contributed by atoms with Gasteiger partial charge in [-0.25, -0.2) is 0 Å². The van der Waals surface area contributed by atoms with Gasteiger partial charge in [-0.15, -0.1) is 0 Å². The predicted octanol–water partition coefficient (Wildman–Crippen LogP) is 3.41. The molecule has 0 saturated carbocycles. The number of rotatable bonds is 7. The summed E-state index contributed by atoms with van der Waals surface area (Å²) in [6.45, 7) is 6.32. The third-order valence-corrected chi connectivity index (χ3v) is 3.99. The van der Waals surface area contributed by atoms with E-state index in [9.17, 15) is 4.79 Å². The highest BCUT2D eigenvalue weighted by Gasteiger charge is 2.29. The molecule has 0 bridgehead atoms. The first kappa shape index (κ1) is 15.8. The van der Waals surface area contributed by atoms with Crippen LogP contribution in [-0.2, 0) is 16.1 Å². The molecule has 1 aromatic rings. The van der Waals surface area contributed by atoms with Crippen LogP contribution in [0.1, 0.15) is 32.3 Å². The topological polar surface area (TPSA) is 29.5 Å². The lowest BCUT2D eigenvalue weighted by Gasteiger charge is -2.36. The summed E-state index contributed by atoms with van der Waals surface area (Å²) in [5.41, 5.74) is 1.17. The highest BCUT2D eigenvalue weighted by molar-refractivity contribution is 5.88. The maximum atomic E-state index is 12.1. The summed E-state index contributed by atoms with van der Waals surface area (Å²) in [6.07, 6.45) is 5.84. The molecule has 2 unspecified atom stereocenters. The van der Waals surface area contributed by atoms with Crippen molar-refractivity contribution in [2.24, 2.45) is 5.92 Å². The second-order valence-electron chi connectivity index (χ2n) is 5.67. The van der Waals surface area contributed by atoms with Crippen molar-refractivity contribution in [3.05, 3.63) is 48.0 Å². The molecule has 2 rings (SSSR count). The SMILES string of the molecule is CCCCN1C(=O)C=CC(C)C1COCc1ccccc1. The molecule has 1 heterocycles. The Labute approximate surface area is 127 Å². The van der Waals surface area contributed by atoms with Gasteiger partial charge in [0.1, 0.15) is 0 Å². The second kappa shape index (κ2) is 7.99. The molecule has 114 valence electrons. The average Bonchev–Trinajstić information content (AvgIpc) is 2.51. The van der Waals surface area contributed by atoms with Crippen molar-refractivity contribution in [1.82, 2.24) is 4.90 Å². The van der Waals surface area contributed by atoms with Crippen LogP contribution in [0.15, 0.2) is 42.5 Å². The number of carbonyl (C=O) groups is 1. The standard InChI is InChI=1S/C18H25NO2/c1-3-4-12-19-17(15(2)10-11-18(19)20)14-21-13-16-8-6-5-7-9-16/h5-11,15,17H,3-4,12-14H2,1-2H3. The molecular weight excluding hydrogens is 262 g/mol. The zero-order valence-corrected chi connectivity index (χ0v) is 13.0. The third-order valence-electron chi connectivity index (χ3n) is 3.99. The van der Waals surface area contributed by atoms with Crippen LogP contribution < -0.4 is 0 Å². The van der Waals surface area contributed by atoms with Gasteiger partial charge >= 0.3 is 0 Å². The summed E-state index contributed by atoms with van der Waals surface area (Å²) in [5, 5.41) is 0. The molecule has 0 fully saturated rings. The maximum Gasteiger partial charge on any atom is 0.246 e. The number of benzene rings is 1. The van der Waals surface area contributed by atoms with Crippen LogP contribution in [0.5, 0.6) is 0 Å². The van der Waals surface area contributed by atoms with Crippen molar-refractivity contribution in [2.75, 3.05) is 13.2 Å². The number of carbonyl (C=O) groups excluding carboxylic acids is 1. The Morgan fingerprint density at radius 1 is 1.24 bits per heavy atom. The van der Waals surface area contributed by atoms with Gasteiger partial charge in [0.25, 0.3) is 0 Å². The Bertz CT molecular complexity index is 469. The van der Waals surface area contributed by atoms with Crippen molar-refractivity contribution >= 4 is 5.91 Å². The van der Waals surface area contributed by atoms with E-state index in [1.54, 1.807) is 6.08 Å². The lowest BCUT2D eigenvalue weighted by atomic mass is 9.96. The van der Waals surface area contributed by atoms with Crippen LogP contribution in [0.25, 0.3) is 0 Å². The molecule has 0 aliphatic carbocycles. The van der Waals surface area contributed by atoms with E-state index >= 15 is 0 Å². The highest BCUT2D eigenvalue weighted by atomic mass is 16.5. The van der Waals surface area contributed by atoms with E-state index in [-0.39, 0.29) is 11.9 Å². The van der Waals surface area contributed by atoms with E-state index in [0.29, 0.717) is 19.1 Å². The Balaban J connectivity index is 1.91. The Hall–Kier alpha value is -1.61. The molecule has 0 radical (unpaired) electrons. The Kier molecular flexibility index (Phi) is 6.00. The van der Waals surface area contributed by atoms with Crippen molar-refractivity contribution in [1.29, 1.82) is 0 Å². The highest BCUT2D eigenvalue weighted by Crippen LogP contribution is 2.20. The molecule has 0 aromatic heterocycles. The van der Waals surface area contributed by atoms with Crippen molar-refractivity contribution in [3.63, 3.8) is 0 Å². The number of hydrogen-bond donors (Lipinski definition) is 0. The van der Waals surface area contributed by atoms with E-state index in [1.807, 2.05) is 29.2 Å². The molecular formula is C18H25NO2. The summed E-state index contributed by atoms with van der Waals surface area (Å²) in [5.74, 6) is 0.463. The van der Waals surface area contributed by atoms with E-state index in [4.69, 9.17) is 4.74 Å². The molecule has 0 saturated heterocycles. The lowest BCUT2D eigenvalue weighted by molar-refractivity contribution is -0.132. The van der Waals surface area contributed by atoms with Gasteiger partial charge in [0.15, 0.2) is 0 Å².